The van der Waals surface area contributed by atoms with Gasteiger partial charge in [-0.25, -0.2) is 8.42 Å². The fourth-order valence-corrected chi connectivity index (χ4v) is 3.91. The monoisotopic (exact) mass is 286 g/mol. The Kier molecular flexibility index (Phi) is 4.01. The standard InChI is InChI=1S/C13H22N2O3S/c1-13(2,10-4-3-6-14-8-10)12(16)15-11-5-7-19(17,18)9-11/h5,7,10-11,14H,3-4,6,8-9H2,1-2H3,(H,15,16). The average molecular weight is 286 g/mol. The lowest BCUT2D eigenvalue weighted by Gasteiger charge is -2.36. The Morgan fingerprint density at radius 1 is 1.42 bits per heavy atom. The minimum Gasteiger partial charge on any atom is -0.348 e. The SMILES string of the molecule is CC(C)(C(=O)NC1C=CS(=O)(=O)C1)C1CCCNC1. The zero-order valence-electron chi connectivity index (χ0n) is 11.5. The first-order valence-electron chi connectivity index (χ1n) is 6.74. The highest BCUT2D eigenvalue weighted by atomic mass is 32.2. The number of amides is 1. The summed E-state index contributed by atoms with van der Waals surface area (Å²) in [5.41, 5.74) is -0.479. The van der Waals surface area contributed by atoms with Crippen molar-refractivity contribution in [3.05, 3.63) is 11.5 Å². The molecule has 1 amide bonds. The highest BCUT2D eigenvalue weighted by Crippen LogP contribution is 2.32. The molecular formula is C13H22N2O3S. The molecule has 0 aromatic rings. The second kappa shape index (κ2) is 5.25. The second-order valence-electron chi connectivity index (χ2n) is 6.00. The maximum atomic E-state index is 12.4. The molecule has 0 bridgehead atoms. The highest BCUT2D eigenvalue weighted by molar-refractivity contribution is 7.94. The average Bonchev–Trinajstić information content (AvgIpc) is 2.69. The van der Waals surface area contributed by atoms with Crippen LogP contribution in [-0.4, -0.2) is 39.2 Å². The van der Waals surface area contributed by atoms with E-state index in [1.165, 1.54) is 5.41 Å². The molecule has 2 aliphatic rings. The smallest absolute Gasteiger partial charge is 0.226 e. The largest absolute Gasteiger partial charge is 0.348 e. The van der Waals surface area contributed by atoms with Crippen LogP contribution in [0, 0.1) is 11.3 Å². The number of hydrogen-bond donors (Lipinski definition) is 2. The van der Waals surface area contributed by atoms with Crippen LogP contribution in [-0.2, 0) is 14.6 Å². The first-order valence-corrected chi connectivity index (χ1v) is 8.45. The van der Waals surface area contributed by atoms with Crippen LogP contribution >= 0.6 is 0 Å². The van der Waals surface area contributed by atoms with Gasteiger partial charge in [-0.2, -0.15) is 0 Å². The summed E-state index contributed by atoms with van der Waals surface area (Å²) in [7, 11) is -3.12. The molecule has 6 heteroatoms. The lowest BCUT2D eigenvalue weighted by atomic mass is 9.74. The molecule has 2 N–H and O–H groups in total. The van der Waals surface area contributed by atoms with Crippen molar-refractivity contribution in [2.24, 2.45) is 11.3 Å². The van der Waals surface area contributed by atoms with Crippen molar-refractivity contribution < 1.29 is 13.2 Å². The minimum absolute atomic E-state index is 0.0161. The third kappa shape index (κ3) is 3.36. The molecule has 0 aliphatic carbocycles. The zero-order chi connectivity index (χ0) is 14.1. The first-order chi connectivity index (χ1) is 8.81. The number of rotatable bonds is 3. The summed E-state index contributed by atoms with van der Waals surface area (Å²) in [6.07, 6.45) is 3.67. The topological polar surface area (TPSA) is 75.3 Å². The Bertz CT molecular complexity index is 476. The van der Waals surface area contributed by atoms with Crippen molar-refractivity contribution in [1.82, 2.24) is 10.6 Å². The van der Waals surface area contributed by atoms with Crippen LogP contribution in [0.4, 0.5) is 0 Å². The molecule has 1 fully saturated rings. The van der Waals surface area contributed by atoms with Gasteiger partial charge in [0.25, 0.3) is 0 Å². The number of piperidine rings is 1. The van der Waals surface area contributed by atoms with Gasteiger partial charge in [0, 0.05) is 10.8 Å². The quantitative estimate of drug-likeness (QED) is 0.789. The van der Waals surface area contributed by atoms with Crippen LogP contribution in [0.1, 0.15) is 26.7 Å². The van der Waals surface area contributed by atoms with E-state index in [-0.39, 0.29) is 17.7 Å². The number of nitrogens with one attached hydrogen (secondary N) is 2. The van der Waals surface area contributed by atoms with Crippen molar-refractivity contribution in [2.75, 3.05) is 18.8 Å². The maximum absolute atomic E-state index is 12.4. The van der Waals surface area contributed by atoms with Gasteiger partial charge in [-0.3, -0.25) is 4.79 Å². The van der Waals surface area contributed by atoms with Gasteiger partial charge >= 0.3 is 0 Å². The molecule has 2 heterocycles. The summed E-state index contributed by atoms with van der Waals surface area (Å²) >= 11 is 0. The van der Waals surface area contributed by atoms with Gasteiger partial charge < -0.3 is 10.6 Å². The van der Waals surface area contributed by atoms with E-state index in [0.717, 1.165) is 25.9 Å². The van der Waals surface area contributed by atoms with Gasteiger partial charge in [0.2, 0.25) is 5.91 Å². The molecule has 0 aromatic heterocycles. The second-order valence-corrected chi connectivity index (χ2v) is 7.93. The van der Waals surface area contributed by atoms with Crippen LogP contribution < -0.4 is 10.6 Å². The summed E-state index contributed by atoms with van der Waals surface area (Å²) in [6, 6.07) is -0.381. The summed E-state index contributed by atoms with van der Waals surface area (Å²) in [6.45, 7) is 5.73. The lowest BCUT2D eigenvalue weighted by molar-refractivity contribution is -0.132. The molecule has 108 valence electrons. The van der Waals surface area contributed by atoms with E-state index in [4.69, 9.17) is 0 Å². The molecule has 0 saturated carbocycles. The Hall–Kier alpha value is -0.880. The first kappa shape index (κ1) is 14.5. The molecular weight excluding hydrogens is 264 g/mol. The molecule has 0 spiro atoms. The molecule has 19 heavy (non-hydrogen) atoms. The van der Waals surface area contributed by atoms with E-state index in [1.807, 2.05) is 13.8 Å². The summed E-state index contributed by atoms with van der Waals surface area (Å²) in [5.74, 6) is 0.216. The molecule has 0 aromatic carbocycles. The minimum atomic E-state index is -3.12. The van der Waals surface area contributed by atoms with Crippen LogP contribution in [0.15, 0.2) is 11.5 Å². The molecule has 1 saturated heterocycles. The summed E-state index contributed by atoms with van der Waals surface area (Å²) in [5, 5.41) is 7.34. The number of sulfone groups is 1. The molecule has 2 unspecified atom stereocenters. The highest BCUT2D eigenvalue weighted by Gasteiger charge is 2.38. The summed E-state index contributed by atoms with van der Waals surface area (Å²) in [4.78, 5) is 12.4. The Morgan fingerprint density at radius 3 is 2.68 bits per heavy atom. The summed E-state index contributed by atoms with van der Waals surface area (Å²) < 4.78 is 22.7. The Balaban J connectivity index is 1.97. The Morgan fingerprint density at radius 2 is 2.16 bits per heavy atom. The van der Waals surface area contributed by atoms with Crippen molar-refractivity contribution >= 4 is 15.7 Å². The van der Waals surface area contributed by atoms with E-state index in [1.54, 1.807) is 6.08 Å². The number of carbonyl (C=O) groups is 1. The van der Waals surface area contributed by atoms with Gasteiger partial charge in [-0.15, -0.1) is 0 Å². The van der Waals surface area contributed by atoms with Crippen molar-refractivity contribution in [2.45, 2.75) is 32.7 Å². The van der Waals surface area contributed by atoms with Gasteiger partial charge in [-0.1, -0.05) is 13.8 Å². The van der Waals surface area contributed by atoms with E-state index in [9.17, 15) is 13.2 Å². The maximum Gasteiger partial charge on any atom is 0.226 e. The van der Waals surface area contributed by atoms with Crippen LogP contribution in [0.3, 0.4) is 0 Å². The predicted octanol–water partition coefficient (Wildman–Crippen LogP) is 0.439. The predicted molar refractivity (Wildman–Crippen MR) is 74.2 cm³/mol. The van der Waals surface area contributed by atoms with Crippen LogP contribution in [0.2, 0.25) is 0 Å². The molecule has 2 atom stereocenters. The van der Waals surface area contributed by atoms with Crippen molar-refractivity contribution in [1.29, 1.82) is 0 Å². The van der Waals surface area contributed by atoms with Crippen LogP contribution in [0.25, 0.3) is 0 Å². The molecule has 5 nitrogen and oxygen atoms in total. The zero-order valence-corrected chi connectivity index (χ0v) is 12.3. The van der Waals surface area contributed by atoms with Crippen molar-refractivity contribution in [3.8, 4) is 0 Å². The van der Waals surface area contributed by atoms with Gasteiger partial charge in [0.1, 0.15) is 0 Å². The number of hydrogen-bond acceptors (Lipinski definition) is 4. The van der Waals surface area contributed by atoms with Crippen molar-refractivity contribution in [3.63, 3.8) is 0 Å². The van der Waals surface area contributed by atoms with E-state index >= 15 is 0 Å². The fraction of sp³-hybridized carbons (Fsp3) is 0.769. The van der Waals surface area contributed by atoms with E-state index < -0.39 is 15.3 Å². The third-order valence-corrected chi connectivity index (χ3v) is 5.54. The molecule has 2 rings (SSSR count). The van der Waals surface area contributed by atoms with Crippen LogP contribution in [0.5, 0.6) is 0 Å². The lowest BCUT2D eigenvalue weighted by Crippen LogP contribution is -2.50. The van der Waals surface area contributed by atoms with Gasteiger partial charge in [-0.05, 0) is 37.9 Å². The van der Waals surface area contributed by atoms with Gasteiger partial charge in [0.05, 0.1) is 11.8 Å². The third-order valence-electron chi connectivity index (χ3n) is 4.15. The molecule has 0 radical (unpaired) electrons. The van der Waals surface area contributed by atoms with E-state index in [0.29, 0.717) is 5.92 Å². The fourth-order valence-electron chi connectivity index (χ4n) is 2.67. The molecule has 2 aliphatic heterocycles. The van der Waals surface area contributed by atoms with Gasteiger partial charge in [0.15, 0.2) is 9.84 Å². The van der Waals surface area contributed by atoms with E-state index in [2.05, 4.69) is 10.6 Å². The number of carbonyl (C=O) groups excluding carboxylic acids is 1. The Labute approximate surface area is 114 Å². The normalized spacial score (nSPS) is 30.2.